The fourth-order valence-corrected chi connectivity index (χ4v) is 2.28. The molecule has 0 N–H and O–H groups in total. The minimum atomic E-state index is 0.471. The summed E-state index contributed by atoms with van der Waals surface area (Å²) in [6, 6.07) is 7.20. The minimum absolute atomic E-state index is 0.471. The third-order valence-electron chi connectivity index (χ3n) is 3.12. The van der Waals surface area contributed by atoms with Crippen molar-refractivity contribution in [2.75, 3.05) is 14.2 Å². The molecule has 0 unspecified atom stereocenters. The Morgan fingerprint density at radius 1 is 1.09 bits per heavy atom. The van der Waals surface area contributed by atoms with E-state index in [1.807, 2.05) is 12.1 Å². The molecule has 0 fully saturated rings. The van der Waals surface area contributed by atoms with Crippen molar-refractivity contribution in [1.29, 1.82) is 0 Å². The molecule has 2 aromatic heterocycles. The van der Waals surface area contributed by atoms with E-state index in [9.17, 15) is 0 Å². The molecular weight excluding hydrogens is 306 g/mol. The number of ether oxygens (including phenoxy) is 2. The van der Waals surface area contributed by atoms with Crippen LogP contribution in [0.4, 0.5) is 0 Å². The first-order valence-corrected chi connectivity index (χ1v) is 6.72. The van der Waals surface area contributed by atoms with E-state index in [0.29, 0.717) is 16.7 Å². The number of benzene rings is 1. The Labute approximate surface area is 131 Å². The van der Waals surface area contributed by atoms with Gasteiger partial charge in [0.05, 0.1) is 26.1 Å². The van der Waals surface area contributed by atoms with E-state index in [1.165, 1.54) is 6.33 Å². The number of rotatable bonds is 4. The largest absolute Gasteiger partial charge is 0.494 e. The van der Waals surface area contributed by atoms with Crippen molar-refractivity contribution < 1.29 is 9.47 Å². The molecule has 2 heterocycles. The van der Waals surface area contributed by atoms with E-state index in [1.54, 1.807) is 37.2 Å². The monoisotopic (exact) mass is 317 g/mol. The van der Waals surface area contributed by atoms with Crippen molar-refractivity contribution in [3.63, 3.8) is 0 Å². The van der Waals surface area contributed by atoms with Gasteiger partial charge in [-0.1, -0.05) is 11.6 Å². The van der Waals surface area contributed by atoms with Crippen LogP contribution in [0.3, 0.4) is 0 Å². The van der Waals surface area contributed by atoms with Gasteiger partial charge in [-0.25, -0.2) is 4.98 Å². The second-order valence-corrected chi connectivity index (χ2v) is 4.78. The summed E-state index contributed by atoms with van der Waals surface area (Å²) in [6.45, 7) is 0. The minimum Gasteiger partial charge on any atom is -0.494 e. The van der Waals surface area contributed by atoms with E-state index < -0.39 is 0 Å². The van der Waals surface area contributed by atoms with Crippen LogP contribution in [0.25, 0.3) is 16.8 Å². The molecule has 0 bridgehead atoms. The average molecular weight is 318 g/mol. The molecule has 0 radical (unpaired) electrons. The van der Waals surface area contributed by atoms with Crippen LogP contribution in [-0.4, -0.2) is 39.4 Å². The van der Waals surface area contributed by atoms with Crippen LogP contribution in [0.1, 0.15) is 0 Å². The number of hydrogen-bond donors (Lipinski definition) is 0. The number of tetrazole rings is 1. The molecule has 0 amide bonds. The van der Waals surface area contributed by atoms with Crippen molar-refractivity contribution in [3.05, 3.63) is 41.8 Å². The number of pyridine rings is 1. The first kappa shape index (κ1) is 14.3. The van der Waals surface area contributed by atoms with Gasteiger partial charge in [-0.2, -0.15) is 4.68 Å². The summed E-state index contributed by atoms with van der Waals surface area (Å²) in [5.74, 6) is 1.07. The lowest BCUT2D eigenvalue weighted by Crippen LogP contribution is -2.00. The number of halogens is 1. The molecule has 0 saturated carbocycles. The third-order valence-corrected chi connectivity index (χ3v) is 3.35. The molecule has 0 aliphatic rings. The number of nitrogens with zero attached hydrogens (tertiary/aromatic N) is 5. The Hall–Kier alpha value is -2.67. The lowest BCUT2D eigenvalue weighted by atomic mass is 10.0. The van der Waals surface area contributed by atoms with Crippen LogP contribution >= 0.6 is 11.6 Å². The van der Waals surface area contributed by atoms with Crippen molar-refractivity contribution in [2.45, 2.75) is 0 Å². The highest BCUT2D eigenvalue weighted by Gasteiger charge is 2.15. The molecule has 112 valence electrons. The van der Waals surface area contributed by atoms with Crippen molar-refractivity contribution >= 4 is 11.6 Å². The van der Waals surface area contributed by atoms with Gasteiger partial charge in [0.15, 0.2) is 0 Å². The van der Waals surface area contributed by atoms with E-state index in [2.05, 4.69) is 20.5 Å². The van der Waals surface area contributed by atoms with Gasteiger partial charge in [0.2, 0.25) is 5.88 Å². The van der Waals surface area contributed by atoms with Gasteiger partial charge in [0.25, 0.3) is 0 Å². The van der Waals surface area contributed by atoms with Crippen LogP contribution in [0.15, 0.2) is 36.8 Å². The average Bonchev–Trinajstić information content (AvgIpc) is 3.08. The summed E-state index contributed by atoms with van der Waals surface area (Å²) >= 11 is 6.15. The number of aromatic nitrogens is 5. The smallest absolute Gasteiger partial charge is 0.213 e. The van der Waals surface area contributed by atoms with Crippen molar-refractivity contribution in [1.82, 2.24) is 25.2 Å². The maximum atomic E-state index is 6.15. The Balaban J connectivity index is 2.25. The molecule has 0 spiro atoms. The first-order chi connectivity index (χ1) is 10.7. The Bertz CT molecular complexity index is 792. The van der Waals surface area contributed by atoms with E-state index in [4.69, 9.17) is 21.1 Å². The van der Waals surface area contributed by atoms with Crippen LogP contribution in [-0.2, 0) is 0 Å². The van der Waals surface area contributed by atoms with E-state index in [0.717, 1.165) is 16.8 Å². The molecule has 1 aromatic carbocycles. The molecule has 0 atom stereocenters. The zero-order valence-corrected chi connectivity index (χ0v) is 12.7. The van der Waals surface area contributed by atoms with Crippen LogP contribution in [0.5, 0.6) is 11.6 Å². The van der Waals surface area contributed by atoms with Crippen molar-refractivity contribution in [2.24, 2.45) is 0 Å². The molecule has 3 rings (SSSR count). The SMILES string of the molecule is COc1cc(-c2cc(Cl)ccc2-n2cnnn2)c(OC)cn1. The molecule has 0 aliphatic heterocycles. The van der Waals surface area contributed by atoms with Gasteiger partial charge in [0.1, 0.15) is 12.1 Å². The highest BCUT2D eigenvalue weighted by atomic mass is 35.5. The lowest BCUT2D eigenvalue weighted by Gasteiger charge is -2.13. The maximum absolute atomic E-state index is 6.15. The second-order valence-electron chi connectivity index (χ2n) is 4.34. The Morgan fingerprint density at radius 2 is 1.95 bits per heavy atom. The fourth-order valence-electron chi connectivity index (χ4n) is 2.10. The molecule has 7 nitrogen and oxygen atoms in total. The van der Waals surface area contributed by atoms with Crippen molar-refractivity contribution in [3.8, 4) is 28.4 Å². The number of methoxy groups -OCH3 is 2. The molecule has 3 aromatic rings. The molecule has 8 heteroatoms. The van der Waals surface area contributed by atoms with E-state index in [-0.39, 0.29) is 0 Å². The topological polar surface area (TPSA) is 75.0 Å². The fraction of sp³-hybridized carbons (Fsp3) is 0.143. The highest BCUT2D eigenvalue weighted by Crippen LogP contribution is 2.36. The van der Waals surface area contributed by atoms with Gasteiger partial charge in [-0.05, 0) is 28.6 Å². The van der Waals surface area contributed by atoms with Gasteiger partial charge < -0.3 is 9.47 Å². The standard InChI is InChI=1S/C14H12ClN5O2/c1-21-13-7-16-14(22-2)6-11(13)10-5-9(15)3-4-12(10)20-8-17-18-19-20/h3-8H,1-2H3. The van der Waals surface area contributed by atoms with Crippen LogP contribution < -0.4 is 9.47 Å². The molecular formula is C14H12ClN5O2. The van der Waals surface area contributed by atoms with Gasteiger partial charge in [-0.3, -0.25) is 0 Å². The van der Waals surface area contributed by atoms with Crippen LogP contribution in [0, 0.1) is 0 Å². The molecule has 22 heavy (non-hydrogen) atoms. The van der Waals surface area contributed by atoms with Gasteiger partial charge >= 0.3 is 0 Å². The Kier molecular flexibility index (Phi) is 3.88. The molecule has 0 saturated heterocycles. The summed E-state index contributed by atoms with van der Waals surface area (Å²) in [6.07, 6.45) is 3.11. The first-order valence-electron chi connectivity index (χ1n) is 6.34. The highest BCUT2D eigenvalue weighted by molar-refractivity contribution is 6.31. The summed E-state index contributed by atoms with van der Waals surface area (Å²) in [4.78, 5) is 4.14. The quantitative estimate of drug-likeness (QED) is 0.735. The van der Waals surface area contributed by atoms with E-state index >= 15 is 0 Å². The number of hydrogen-bond acceptors (Lipinski definition) is 6. The summed E-state index contributed by atoms with van der Waals surface area (Å²) in [5, 5.41) is 11.8. The summed E-state index contributed by atoms with van der Waals surface area (Å²) < 4.78 is 12.1. The summed E-state index contributed by atoms with van der Waals surface area (Å²) in [5.41, 5.74) is 2.35. The zero-order valence-electron chi connectivity index (χ0n) is 11.9. The normalized spacial score (nSPS) is 10.5. The Morgan fingerprint density at radius 3 is 2.64 bits per heavy atom. The van der Waals surface area contributed by atoms with Gasteiger partial charge in [-0.15, -0.1) is 5.10 Å². The maximum Gasteiger partial charge on any atom is 0.213 e. The predicted molar refractivity (Wildman–Crippen MR) is 80.5 cm³/mol. The third kappa shape index (κ3) is 2.58. The molecule has 0 aliphatic carbocycles. The lowest BCUT2D eigenvalue weighted by molar-refractivity contribution is 0.388. The van der Waals surface area contributed by atoms with Gasteiger partial charge in [0, 0.05) is 22.2 Å². The second kappa shape index (κ2) is 5.98. The van der Waals surface area contributed by atoms with Crippen LogP contribution in [0.2, 0.25) is 5.02 Å². The summed E-state index contributed by atoms with van der Waals surface area (Å²) in [7, 11) is 3.13. The zero-order chi connectivity index (χ0) is 15.5. The predicted octanol–water partition coefficient (Wildman–Crippen LogP) is 2.39.